The zero-order chi connectivity index (χ0) is 10.6. The number of nitrogens with zero attached hydrogens (tertiary/aromatic N) is 1. The highest BCUT2D eigenvalue weighted by molar-refractivity contribution is 5.70. The van der Waals surface area contributed by atoms with Gasteiger partial charge in [0.1, 0.15) is 0 Å². The molecule has 1 aliphatic rings. The molecule has 0 bridgehead atoms. The predicted molar refractivity (Wildman–Crippen MR) is 55.2 cm³/mol. The molecule has 0 spiro atoms. The minimum absolute atomic E-state index is 0.0421. The van der Waals surface area contributed by atoms with Gasteiger partial charge in [0.25, 0.3) is 0 Å². The Morgan fingerprint density at radius 3 is 2.50 bits per heavy atom. The molecule has 0 radical (unpaired) electrons. The molecule has 0 aromatic carbocycles. The lowest BCUT2D eigenvalue weighted by molar-refractivity contribution is -0.142. The van der Waals surface area contributed by atoms with E-state index in [9.17, 15) is 4.79 Å². The normalized spacial score (nSPS) is 21.9. The molecule has 0 aliphatic carbocycles. The van der Waals surface area contributed by atoms with E-state index in [1.165, 1.54) is 7.11 Å². The summed E-state index contributed by atoms with van der Waals surface area (Å²) in [6.45, 7) is 2.08. The number of hydrogen-bond acceptors (Lipinski definition) is 4. The van der Waals surface area contributed by atoms with E-state index in [2.05, 4.69) is 17.3 Å². The van der Waals surface area contributed by atoms with Gasteiger partial charge < -0.3 is 15.0 Å². The van der Waals surface area contributed by atoms with Crippen molar-refractivity contribution in [3.05, 3.63) is 0 Å². The van der Waals surface area contributed by atoms with Gasteiger partial charge in [0, 0.05) is 5.54 Å². The van der Waals surface area contributed by atoms with Gasteiger partial charge in [0.05, 0.1) is 13.5 Å². The zero-order valence-corrected chi connectivity index (χ0v) is 9.30. The Hall–Kier alpha value is -0.610. The van der Waals surface area contributed by atoms with Crippen molar-refractivity contribution in [3.63, 3.8) is 0 Å². The van der Waals surface area contributed by atoms with Crippen molar-refractivity contribution < 1.29 is 9.53 Å². The molecule has 0 amide bonds. The fourth-order valence-electron chi connectivity index (χ4n) is 1.91. The van der Waals surface area contributed by atoms with Crippen molar-refractivity contribution in [3.8, 4) is 0 Å². The number of methoxy groups -OCH3 is 1. The first-order chi connectivity index (χ1) is 6.62. The van der Waals surface area contributed by atoms with Gasteiger partial charge in [-0.25, -0.2) is 0 Å². The van der Waals surface area contributed by atoms with Crippen LogP contribution in [0.15, 0.2) is 0 Å². The average Bonchev–Trinajstić information content (AvgIpc) is 2.22. The van der Waals surface area contributed by atoms with Crippen LogP contribution >= 0.6 is 0 Å². The molecule has 1 saturated heterocycles. The maximum atomic E-state index is 11.2. The smallest absolute Gasteiger partial charge is 0.307 e. The quantitative estimate of drug-likeness (QED) is 0.662. The van der Waals surface area contributed by atoms with Crippen LogP contribution in [0.5, 0.6) is 0 Å². The summed E-state index contributed by atoms with van der Waals surface area (Å²) in [6.07, 6.45) is 2.50. The summed E-state index contributed by atoms with van der Waals surface area (Å²) in [7, 11) is 5.48. The van der Waals surface area contributed by atoms with Crippen LogP contribution in [-0.2, 0) is 9.53 Å². The fourth-order valence-corrected chi connectivity index (χ4v) is 1.91. The number of carbonyl (C=O) groups excluding carboxylic acids is 1. The Kier molecular flexibility index (Phi) is 3.89. The Labute approximate surface area is 85.6 Å². The second-order valence-corrected chi connectivity index (χ2v) is 4.09. The molecular formula is C10H20N2O2. The Morgan fingerprint density at radius 2 is 2.07 bits per heavy atom. The number of rotatable bonds is 3. The van der Waals surface area contributed by atoms with Crippen LogP contribution in [0.4, 0.5) is 0 Å². The number of carbonyl (C=O) groups is 1. The highest BCUT2D eigenvalue weighted by Gasteiger charge is 2.34. The molecule has 1 N–H and O–H groups in total. The van der Waals surface area contributed by atoms with Crippen molar-refractivity contribution in [1.29, 1.82) is 0 Å². The third kappa shape index (κ3) is 2.69. The van der Waals surface area contributed by atoms with E-state index >= 15 is 0 Å². The zero-order valence-electron chi connectivity index (χ0n) is 9.30. The fraction of sp³-hybridized carbons (Fsp3) is 0.900. The molecule has 14 heavy (non-hydrogen) atoms. The van der Waals surface area contributed by atoms with Crippen LogP contribution in [0.3, 0.4) is 0 Å². The number of piperidine rings is 1. The summed E-state index contributed by atoms with van der Waals surface area (Å²) in [5.74, 6) is -0.121. The lowest BCUT2D eigenvalue weighted by atomic mass is 9.85. The lowest BCUT2D eigenvalue weighted by Gasteiger charge is -2.39. The molecule has 0 aromatic rings. The minimum Gasteiger partial charge on any atom is -0.469 e. The van der Waals surface area contributed by atoms with Gasteiger partial charge in [-0.05, 0) is 40.0 Å². The Balaban J connectivity index is 2.54. The number of hydrogen-bond donors (Lipinski definition) is 1. The molecule has 0 saturated carbocycles. The van der Waals surface area contributed by atoms with E-state index in [-0.39, 0.29) is 11.5 Å². The topological polar surface area (TPSA) is 41.6 Å². The highest BCUT2D eigenvalue weighted by Crippen LogP contribution is 2.25. The summed E-state index contributed by atoms with van der Waals surface area (Å²) in [5.41, 5.74) is -0.0421. The monoisotopic (exact) mass is 200 g/mol. The van der Waals surface area contributed by atoms with Crippen molar-refractivity contribution >= 4 is 5.97 Å². The highest BCUT2D eigenvalue weighted by atomic mass is 16.5. The third-order valence-electron chi connectivity index (χ3n) is 3.18. The van der Waals surface area contributed by atoms with Crippen LogP contribution < -0.4 is 5.32 Å². The van der Waals surface area contributed by atoms with Crippen LogP contribution in [-0.4, -0.2) is 50.7 Å². The standard InChI is InChI=1S/C10H20N2O2/c1-11-10(8-9(13)14-3)4-6-12(2)7-5-10/h11H,4-8H2,1-3H3. The van der Waals surface area contributed by atoms with Crippen molar-refractivity contribution in [2.75, 3.05) is 34.3 Å². The van der Waals surface area contributed by atoms with E-state index in [4.69, 9.17) is 4.74 Å². The number of likely N-dealkylation sites (tertiary alicyclic amines) is 1. The molecule has 0 unspecified atom stereocenters. The summed E-state index contributed by atoms with van der Waals surface area (Å²) >= 11 is 0. The molecular weight excluding hydrogens is 180 g/mol. The summed E-state index contributed by atoms with van der Waals surface area (Å²) in [4.78, 5) is 13.5. The summed E-state index contributed by atoms with van der Waals surface area (Å²) in [6, 6.07) is 0. The predicted octanol–water partition coefficient (Wildman–Crippen LogP) is 0.233. The summed E-state index contributed by atoms with van der Waals surface area (Å²) in [5, 5.41) is 3.28. The number of ether oxygens (including phenoxy) is 1. The average molecular weight is 200 g/mol. The van der Waals surface area contributed by atoms with E-state index in [1.54, 1.807) is 0 Å². The maximum absolute atomic E-state index is 11.2. The molecule has 1 fully saturated rings. The van der Waals surface area contributed by atoms with Crippen molar-refractivity contribution in [2.45, 2.75) is 24.8 Å². The van der Waals surface area contributed by atoms with Gasteiger partial charge in [-0.3, -0.25) is 4.79 Å². The molecule has 4 heteroatoms. The van der Waals surface area contributed by atoms with Gasteiger partial charge >= 0.3 is 5.97 Å². The third-order valence-corrected chi connectivity index (χ3v) is 3.18. The first-order valence-electron chi connectivity index (χ1n) is 5.06. The SMILES string of the molecule is CNC1(CC(=O)OC)CCN(C)CC1. The first kappa shape index (κ1) is 11.5. The molecule has 82 valence electrons. The van der Waals surface area contributed by atoms with Gasteiger partial charge in [-0.1, -0.05) is 0 Å². The Bertz CT molecular complexity index is 198. The minimum atomic E-state index is -0.121. The maximum Gasteiger partial charge on any atom is 0.307 e. The van der Waals surface area contributed by atoms with E-state index in [0.717, 1.165) is 25.9 Å². The molecule has 0 atom stereocenters. The summed E-state index contributed by atoms with van der Waals surface area (Å²) < 4.78 is 4.71. The van der Waals surface area contributed by atoms with E-state index in [1.807, 2.05) is 7.05 Å². The van der Waals surface area contributed by atoms with Crippen LogP contribution in [0.2, 0.25) is 0 Å². The lowest BCUT2D eigenvalue weighted by Crippen LogP contribution is -2.52. The molecule has 1 heterocycles. The van der Waals surface area contributed by atoms with Crippen molar-refractivity contribution in [2.24, 2.45) is 0 Å². The van der Waals surface area contributed by atoms with Gasteiger partial charge in [0.15, 0.2) is 0 Å². The van der Waals surface area contributed by atoms with E-state index < -0.39 is 0 Å². The van der Waals surface area contributed by atoms with Crippen LogP contribution in [0.25, 0.3) is 0 Å². The first-order valence-corrected chi connectivity index (χ1v) is 5.06. The largest absolute Gasteiger partial charge is 0.469 e. The molecule has 1 aliphatic heterocycles. The second-order valence-electron chi connectivity index (χ2n) is 4.09. The van der Waals surface area contributed by atoms with Crippen LogP contribution in [0, 0.1) is 0 Å². The van der Waals surface area contributed by atoms with Crippen LogP contribution in [0.1, 0.15) is 19.3 Å². The number of esters is 1. The van der Waals surface area contributed by atoms with Gasteiger partial charge in [0.2, 0.25) is 0 Å². The molecule has 4 nitrogen and oxygen atoms in total. The Morgan fingerprint density at radius 1 is 1.50 bits per heavy atom. The van der Waals surface area contributed by atoms with Gasteiger partial charge in [-0.2, -0.15) is 0 Å². The van der Waals surface area contributed by atoms with Gasteiger partial charge in [-0.15, -0.1) is 0 Å². The van der Waals surface area contributed by atoms with Crippen molar-refractivity contribution in [1.82, 2.24) is 10.2 Å². The second kappa shape index (κ2) is 4.75. The number of nitrogens with one attached hydrogen (secondary N) is 1. The molecule has 1 rings (SSSR count). The van der Waals surface area contributed by atoms with E-state index in [0.29, 0.717) is 6.42 Å². The molecule has 0 aromatic heterocycles.